The average Bonchev–Trinajstić information content (AvgIpc) is 2.31. The topological polar surface area (TPSA) is 59.8 Å². The molecular formula is C7H10N4O. The van der Waals surface area contributed by atoms with Crippen molar-refractivity contribution in [2.75, 3.05) is 5.32 Å². The van der Waals surface area contributed by atoms with Gasteiger partial charge in [0, 0.05) is 7.05 Å². The first-order chi connectivity index (χ1) is 5.63. The van der Waals surface area contributed by atoms with Crippen LogP contribution in [0, 0.1) is 6.92 Å². The molecular weight excluding hydrogens is 156 g/mol. The molecule has 0 saturated carbocycles. The van der Waals surface area contributed by atoms with Crippen LogP contribution in [0.1, 0.15) is 5.82 Å². The molecule has 0 saturated heterocycles. The molecule has 0 aromatic carbocycles. The van der Waals surface area contributed by atoms with E-state index in [4.69, 9.17) is 0 Å². The fraction of sp³-hybridized carbons (Fsp3) is 0.286. The summed E-state index contributed by atoms with van der Waals surface area (Å²) >= 11 is 0. The fourth-order valence-corrected chi connectivity index (χ4v) is 0.677. The molecule has 12 heavy (non-hydrogen) atoms. The Labute approximate surface area is 70.1 Å². The third-order valence-electron chi connectivity index (χ3n) is 1.40. The molecule has 0 aliphatic carbocycles. The van der Waals surface area contributed by atoms with Crippen LogP contribution in [0.2, 0.25) is 0 Å². The lowest BCUT2D eigenvalue weighted by molar-refractivity contribution is -0.111. The van der Waals surface area contributed by atoms with E-state index in [0.29, 0.717) is 5.95 Å². The second-order valence-electron chi connectivity index (χ2n) is 2.30. The third-order valence-corrected chi connectivity index (χ3v) is 1.40. The predicted molar refractivity (Wildman–Crippen MR) is 44.6 cm³/mol. The second kappa shape index (κ2) is 3.17. The quantitative estimate of drug-likeness (QED) is 0.640. The molecule has 0 atom stereocenters. The summed E-state index contributed by atoms with van der Waals surface area (Å²) in [6.45, 7) is 5.11. The zero-order valence-electron chi connectivity index (χ0n) is 7.03. The summed E-state index contributed by atoms with van der Waals surface area (Å²) in [5, 5.41) is 6.38. The number of anilines is 1. The molecule has 5 heteroatoms. The van der Waals surface area contributed by atoms with Crippen LogP contribution in [0.5, 0.6) is 0 Å². The Morgan fingerprint density at radius 3 is 2.83 bits per heavy atom. The summed E-state index contributed by atoms with van der Waals surface area (Å²) in [5.41, 5.74) is 0. The largest absolute Gasteiger partial charge is 0.290 e. The van der Waals surface area contributed by atoms with Crippen molar-refractivity contribution in [1.29, 1.82) is 0 Å². The molecule has 0 aliphatic rings. The van der Waals surface area contributed by atoms with Crippen LogP contribution in [-0.2, 0) is 11.8 Å². The van der Waals surface area contributed by atoms with Gasteiger partial charge in [0.25, 0.3) is 0 Å². The highest BCUT2D eigenvalue weighted by Crippen LogP contribution is 1.99. The third kappa shape index (κ3) is 1.69. The zero-order valence-corrected chi connectivity index (χ0v) is 7.03. The summed E-state index contributed by atoms with van der Waals surface area (Å²) in [6, 6.07) is 0. The van der Waals surface area contributed by atoms with Gasteiger partial charge in [0.2, 0.25) is 11.9 Å². The van der Waals surface area contributed by atoms with Crippen molar-refractivity contribution < 1.29 is 4.79 Å². The Balaban J connectivity index is 2.76. The average molecular weight is 166 g/mol. The lowest BCUT2D eigenvalue weighted by Crippen LogP contribution is -2.08. The lowest BCUT2D eigenvalue weighted by Gasteiger charge is -1.91. The van der Waals surface area contributed by atoms with Crippen LogP contribution in [-0.4, -0.2) is 20.7 Å². The van der Waals surface area contributed by atoms with Crippen molar-refractivity contribution in [3.05, 3.63) is 18.5 Å². The number of hydrogen-bond acceptors (Lipinski definition) is 3. The predicted octanol–water partition coefficient (Wildman–Crippen LogP) is 0.248. The highest BCUT2D eigenvalue weighted by atomic mass is 16.1. The van der Waals surface area contributed by atoms with E-state index in [1.165, 1.54) is 6.08 Å². The normalized spacial score (nSPS) is 9.50. The summed E-state index contributed by atoms with van der Waals surface area (Å²) in [7, 11) is 1.76. The maximum atomic E-state index is 10.8. The van der Waals surface area contributed by atoms with E-state index in [-0.39, 0.29) is 5.91 Å². The molecule has 64 valence electrons. The number of aryl methyl sites for hydroxylation is 2. The van der Waals surface area contributed by atoms with Crippen LogP contribution in [0.15, 0.2) is 12.7 Å². The molecule has 1 aromatic rings. The highest BCUT2D eigenvalue weighted by molar-refractivity contribution is 5.97. The van der Waals surface area contributed by atoms with Gasteiger partial charge in [0.1, 0.15) is 5.82 Å². The number of nitrogens with zero attached hydrogens (tertiary/aromatic N) is 3. The molecule has 0 spiro atoms. The van der Waals surface area contributed by atoms with Crippen LogP contribution in [0.4, 0.5) is 5.95 Å². The molecule has 1 N–H and O–H groups in total. The van der Waals surface area contributed by atoms with Crippen molar-refractivity contribution in [1.82, 2.24) is 14.8 Å². The maximum Gasteiger partial charge on any atom is 0.250 e. The van der Waals surface area contributed by atoms with Gasteiger partial charge in [0.05, 0.1) is 0 Å². The van der Waals surface area contributed by atoms with Gasteiger partial charge in [-0.05, 0) is 13.0 Å². The SMILES string of the molecule is C=CC(=O)Nc1nc(C)n(C)n1. The summed E-state index contributed by atoms with van der Waals surface area (Å²) < 4.78 is 1.58. The van der Waals surface area contributed by atoms with Gasteiger partial charge in [-0.1, -0.05) is 6.58 Å². The number of aromatic nitrogens is 3. The fourth-order valence-electron chi connectivity index (χ4n) is 0.677. The Kier molecular flexibility index (Phi) is 2.23. The number of hydrogen-bond donors (Lipinski definition) is 1. The number of carbonyl (C=O) groups is 1. The molecule has 0 radical (unpaired) electrons. The van der Waals surface area contributed by atoms with Crippen molar-refractivity contribution >= 4 is 11.9 Å². The van der Waals surface area contributed by atoms with Crippen LogP contribution < -0.4 is 5.32 Å². The number of rotatable bonds is 2. The van der Waals surface area contributed by atoms with Crippen molar-refractivity contribution in [2.45, 2.75) is 6.92 Å². The standard InChI is InChI=1S/C7H10N4O/c1-4-6(12)9-7-8-5(2)11(3)10-7/h4H,1H2,2-3H3,(H,9,10,12). The van der Waals surface area contributed by atoms with E-state index in [2.05, 4.69) is 22.0 Å². The molecule has 5 nitrogen and oxygen atoms in total. The number of amides is 1. The minimum Gasteiger partial charge on any atom is -0.290 e. The van der Waals surface area contributed by atoms with Gasteiger partial charge >= 0.3 is 0 Å². The van der Waals surface area contributed by atoms with Gasteiger partial charge in [-0.25, -0.2) is 0 Å². The van der Waals surface area contributed by atoms with Crippen LogP contribution >= 0.6 is 0 Å². The first kappa shape index (κ1) is 8.45. The van der Waals surface area contributed by atoms with Gasteiger partial charge in [-0.3, -0.25) is 14.8 Å². The minimum absolute atomic E-state index is 0.305. The van der Waals surface area contributed by atoms with E-state index < -0.39 is 0 Å². The van der Waals surface area contributed by atoms with Gasteiger partial charge in [0.15, 0.2) is 0 Å². The van der Waals surface area contributed by atoms with Crippen molar-refractivity contribution in [2.24, 2.45) is 7.05 Å². The Bertz CT molecular complexity index is 296. The molecule has 1 aromatic heterocycles. The minimum atomic E-state index is -0.305. The molecule has 0 fully saturated rings. The van der Waals surface area contributed by atoms with Crippen molar-refractivity contribution in [3.63, 3.8) is 0 Å². The monoisotopic (exact) mass is 166 g/mol. The number of carbonyl (C=O) groups excluding carboxylic acids is 1. The van der Waals surface area contributed by atoms with E-state index in [1.54, 1.807) is 18.7 Å². The molecule has 1 rings (SSSR count). The zero-order chi connectivity index (χ0) is 9.14. The smallest absolute Gasteiger partial charge is 0.250 e. The summed E-state index contributed by atoms with van der Waals surface area (Å²) in [6.07, 6.45) is 1.17. The second-order valence-corrected chi connectivity index (χ2v) is 2.30. The van der Waals surface area contributed by atoms with E-state index >= 15 is 0 Å². The maximum absolute atomic E-state index is 10.8. The van der Waals surface area contributed by atoms with E-state index in [0.717, 1.165) is 5.82 Å². The Morgan fingerprint density at radius 1 is 1.75 bits per heavy atom. The molecule has 1 amide bonds. The lowest BCUT2D eigenvalue weighted by atomic mass is 10.6. The molecule has 0 bridgehead atoms. The first-order valence-electron chi connectivity index (χ1n) is 3.44. The molecule has 0 aliphatic heterocycles. The van der Waals surface area contributed by atoms with Gasteiger partial charge in [-0.2, -0.15) is 4.98 Å². The number of nitrogens with one attached hydrogen (secondary N) is 1. The van der Waals surface area contributed by atoms with E-state index in [9.17, 15) is 4.79 Å². The summed E-state index contributed by atoms with van der Waals surface area (Å²) in [5.74, 6) is 0.745. The van der Waals surface area contributed by atoms with Gasteiger partial charge < -0.3 is 0 Å². The van der Waals surface area contributed by atoms with Gasteiger partial charge in [-0.15, -0.1) is 5.10 Å². The highest BCUT2D eigenvalue weighted by Gasteiger charge is 2.03. The van der Waals surface area contributed by atoms with Crippen LogP contribution in [0.3, 0.4) is 0 Å². The Hall–Kier alpha value is -1.65. The molecule has 0 unspecified atom stereocenters. The van der Waals surface area contributed by atoms with Crippen molar-refractivity contribution in [3.8, 4) is 0 Å². The Morgan fingerprint density at radius 2 is 2.42 bits per heavy atom. The molecule has 1 heterocycles. The van der Waals surface area contributed by atoms with Crippen LogP contribution in [0.25, 0.3) is 0 Å². The summed E-state index contributed by atoms with van der Waals surface area (Å²) in [4.78, 5) is 14.8. The van der Waals surface area contributed by atoms with E-state index in [1.807, 2.05) is 0 Å². The first-order valence-corrected chi connectivity index (χ1v) is 3.44.